The highest BCUT2D eigenvalue weighted by molar-refractivity contribution is 7.71. The largest absolute Gasteiger partial charge is 0.328 e. The summed E-state index contributed by atoms with van der Waals surface area (Å²) in [5.41, 5.74) is 1.88. The Morgan fingerprint density at radius 2 is 2.14 bits per heavy atom. The Morgan fingerprint density at radius 3 is 2.79 bits per heavy atom. The lowest BCUT2D eigenvalue weighted by atomic mass is 10.3. The number of benzene rings is 1. The van der Waals surface area contributed by atoms with Crippen molar-refractivity contribution in [1.82, 2.24) is 9.66 Å². The van der Waals surface area contributed by atoms with Gasteiger partial charge >= 0.3 is 0 Å². The molecule has 0 aliphatic rings. The van der Waals surface area contributed by atoms with Gasteiger partial charge in [-0.15, -0.1) is 0 Å². The molecule has 14 heavy (non-hydrogen) atoms. The zero-order valence-electron chi connectivity index (χ0n) is 7.91. The van der Waals surface area contributed by atoms with Crippen molar-refractivity contribution in [2.24, 2.45) is 0 Å². The number of fused-ring (bicyclic) bond motifs is 1. The van der Waals surface area contributed by atoms with Gasteiger partial charge in [-0.1, -0.05) is 17.7 Å². The second-order valence-electron chi connectivity index (χ2n) is 3.22. The molecule has 1 heterocycles. The minimum atomic E-state index is 0.651. The highest BCUT2D eigenvalue weighted by atomic mass is 35.5. The summed E-state index contributed by atoms with van der Waals surface area (Å²) >= 11 is 11.2. The molecule has 0 radical (unpaired) electrons. The summed E-state index contributed by atoms with van der Waals surface area (Å²) in [6.45, 7) is 0. The maximum absolute atomic E-state index is 6.04. The Bertz CT molecular complexity index is 526. The standard InChI is InChI=1S/C9H10ClN3S/c1-12(2)13-7-5-3-4-6(10)8(7)11-9(13)14/h3-5H,1-2H3,(H,11,14). The lowest BCUT2D eigenvalue weighted by molar-refractivity contribution is 0.742. The summed E-state index contributed by atoms with van der Waals surface area (Å²) in [5.74, 6) is 0. The Labute approximate surface area is 91.9 Å². The van der Waals surface area contributed by atoms with Gasteiger partial charge < -0.3 is 9.99 Å². The third-order valence-corrected chi connectivity index (χ3v) is 2.63. The molecule has 0 saturated heterocycles. The Balaban J connectivity index is 2.91. The number of hydrogen-bond donors (Lipinski definition) is 1. The molecule has 1 aromatic heterocycles. The van der Waals surface area contributed by atoms with Crippen LogP contribution in [0.1, 0.15) is 0 Å². The first-order chi connectivity index (χ1) is 6.61. The zero-order chi connectivity index (χ0) is 10.3. The average molecular weight is 228 g/mol. The number of para-hydroxylation sites is 1. The molecule has 0 fully saturated rings. The number of rotatable bonds is 1. The predicted octanol–water partition coefficient (Wildman–Crippen LogP) is 2.55. The first-order valence-electron chi connectivity index (χ1n) is 4.18. The molecule has 2 rings (SSSR count). The number of imidazole rings is 1. The van der Waals surface area contributed by atoms with E-state index in [1.807, 2.05) is 42.0 Å². The molecule has 0 aliphatic carbocycles. The molecular weight excluding hydrogens is 218 g/mol. The Hall–Kier alpha value is -1.00. The molecule has 0 saturated carbocycles. The molecule has 3 nitrogen and oxygen atoms in total. The monoisotopic (exact) mass is 227 g/mol. The SMILES string of the molecule is CN(C)n1c(=S)[nH]c2c(Cl)cccc21. The van der Waals surface area contributed by atoms with E-state index in [-0.39, 0.29) is 0 Å². The van der Waals surface area contributed by atoms with Crippen molar-refractivity contribution in [3.8, 4) is 0 Å². The van der Waals surface area contributed by atoms with Crippen LogP contribution in [0.5, 0.6) is 0 Å². The van der Waals surface area contributed by atoms with Crippen molar-refractivity contribution < 1.29 is 0 Å². The first kappa shape index (κ1) is 9.55. The van der Waals surface area contributed by atoms with Crippen molar-refractivity contribution in [2.45, 2.75) is 0 Å². The van der Waals surface area contributed by atoms with E-state index in [0.29, 0.717) is 9.79 Å². The second kappa shape index (κ2) is 3.29. The van der Waals surface area contributed by atoms with Crippen molar-refractivity contribution in [1.29, 1.82) is 0 Å². The van der Waals surface area contributed by atoms with Crippen LogP contribution >= 0.6 is 23.8 Å². The van der Waals surface area contributed by atoms with Gasteiger partial charge in [-0.25, -0.2) is 4.68 Å². The van der Waals surface area contributed by atoms with Crippen molar-refractivity contribution in [3.63, 3.8) is 0 Å². The third-order valence-electron chi connectivity index (χ3n) is 2.04. The fourth-order valence-corrected chi connectivity index (χ4v) is 2.06. The van der Waals surface area contributed by atoms with Gasteiger partial charge in [-0.3, -0.25) is 0 Å². The van der Waals surface area contributed by atoms with E-state index in [1.54, 1.807) is 0 Å². The van der Waals surface area contributed by atoms with Crippen LogP contribution < -0.4 is 5.01 Å². The van der Waals surface area contributed by atoms with E-state index in [4.69, 9.17) is 23.8 Å². The van der Waals surface area contributed by atoms with Crippen LogP contribution in [-0.4, -0.2) is 23.8 Å². The molecule has 1 N–H and O–H groups in total. The van der Waals surface area contributed by atoms with Gasteiger partial charge in [0.05, 0.1) is 16.1 Å². The summed E-state index contributed by atoms with van der Waals surface area (Å²) in [6, 6.07) is 5.73. The quantitative estimate of drug-likeness (QED) is 0.758. The van der Waals surface area contributed by atoms with Crippen LogP contribution in [0.25, 0.3) is 11.0 Å². The highest BCUT2D eigenvalue weighted by Crippen LogP contribution is 2.22. The van der Waals surface area contributed by atoms with Gasteiger partial charge in [0.15, 0.2) is 4.77 Å². The summed E-state index contributed by atoms with van der Waals surface area (Å²) in [4.78, 5) is 3.08. The zero-order valence-corrected chi connectivity index (χ0v) is 9.49. The minimum absolute atomic E-state index is 0.651. The van der Waals surface area contributed by atoms with Gasteiger partial charge in [-0.2, -0.15) is 0 Å². The number of H-pyrrole nitrogens is 1. The fraction of sp³-hybridized carbons (Fsp3) is 0.222. The maximum atomic E-state index is 6.04. The lowest BCUT2D eigenvalue weighted by Crippen LogP contribution is -2.24. The van der Waals surface area contributed by atoms with Crippen LogP contribution in [0.3, 0.4) is 0 Å². The Kier molecular flexibility index (Phi) is 2.25. The number of aromatic amines is 1. The predicted molar refractivity (Wildman–Crippen MR) is 62.2 cm³/mol. The first-order valence-corrected chi connectivity index (χ1v) is 4.96. The van der Waals surface area contributed by atoms with Crippen molar-refractivity contribution >= 4 is 34.9 Å². The number of halogens is 1. The van der Waals surface area contributed by atoms with Crippen molar-refractivity contribution in [3.05, 3.63) is 28.0 Å². The molecule has 0 amide bonds. The Morgan fingerprint density at radius 1 is 1.43 bits per heavy atom. The molecule has 1 aromatic carbocycles. The van der Waals surface area contributed by atoms with Crippen molar-refractivity contribution in [2.75, 3.05) is 19.1 Å². The summed E-state index contributed by atoms with van der Waals surface area (Å²) in [6.07, 6.45) is 0. The molecular formula is C9H10ClN3S. The second-order valence-corrected chi connectivity index (χ2v) is 4.02. The highest BCUT2D eigenvalue weighted by Gasteiger charge is 2.07. The molecule has 0 unspecified atom stereocenters. The van der Waals surface area contributed by atoms with Crippen LogP contribution in [0.15, 0.2) is 18.2 Å². The van der Waals surface area contributed by atoms with Gasteiger partial charge in [0.1, 0.15) is 0 Å². The summed E-state index contributed by atoms with van der Waals surface area (Å²) < 4.78 is 2.55. The average Bonchev–Trinajstić information content (AvgIpc) is 2.42. The molecule has 0 aliphatic heterocycles. The van der Waals surface area contributed by atoms with E-state index in [1.165, 1.54) is 0 Å². The molecule has 5 heteroatoms. The number of aromatic nitrogens is 2. The summed E-state index contributed by atoms with van der Waals surface area (Å²) in [7, 11) is 3.87. The third kappa shape index (κ3) is 1.31. The smallest absolute Gasteiger partial charge is 0.197 e. The van der Waals surface area contributed by atoms with Gasteiger partial charge in [0, 0.05) is 14.1 Å². The molecule has 74 valence electrons. The fourth-order valence-electron chi connectivity index (χ4n) is 1.48. The van der Waals surface area contributed by atoms with E-state index < -0.39 is 0 Å². The van der Waals surface area contributed by atoms with Crippen LogP contribution in [-0.2, 0) is 0 Å². The molecule has 2 aromatic rings. The van der Waals surface area contributed by atoms with E-state index in [2.05, 4.69) is 4.98 Å². The van der Waals surface area contributed by atoms with E-state index in [9.17, 15) is 0 Å². The lowest BCUT2D eigenvalue weighted by Gasteiger charge is -2.14. The number of nitrogens with one attached hydrogen (secondary N) is 1. The van der Waals surface area contributed by atoms with Crippen LogP contribution in [0, 0.1) is 4.77 Å². The summed E-state index contributed by atoms with van der Waals surface area (Å²) in [5, 5.41) is 2.60. The molecule has 0 bridgehead atoms. The maximum Gasteiger partial charge on any atom is 0.197 e. The van der Waals surface area contributed by atoms with E-state index >= 15 is 0 Å². The topological polar surface area (TPSA) is 24.0 Å². The normalized spacial score (nSPS) is 10.8. The number of nitrogens with zero attached hydrogens (tertiary/aromatic N) is 2. The van der Waals surface area contributed by atoms with Gasteiger partial charge in [0.2, 0.25) is 0 Å². The molecule has 0 atom stereocenters. The number of hydrogen-bond acceptors (Lipinski definition) is 2. The van der Waals surface area contributed by atoms with Crippen LogP contribution in [0.4, 0.5) is 0 Å². The molecule has 0 spiro atoms. The van der Waals surface area contributed by atoms with Gasteiger partial charge in [-0.05, 0) is 24.4 Å². The van der Waals surface area contributed by atoms with Gasteiger partial charge in [0.25, 0.3) is 0 Å². The minimum Gasteiger partial charge on any atom is -0.328 e. The van der Waals surface area contributed by atoms with Crippen LogP contribution in [0.2, 0.25) is 5.02 Å². The van der Waals surface area contributed by atoms with E-state index in [0.717, 1.165) is 11.0 Å².